The summed E-state index contributed by atoms with van der Waals surface area (Å²) in [5, 5.41) is 0. The van der Waals surface area contributed by atoms with E-state index >= 15 is 0 Å². The highest BCUT2D eigenvalue weighted by molar-refractivity contribution is 5.80. The molecule has 1 aromatic rings. The number of anilines is 1. The highest BCUT2D eigenvalue weighted by Crippen LogP contribution is 2.25. The highest BCUT2D eigenvalue weighted by atomic mass is 15.1. The summed E-state index contributed by atoms with van der Waals surface area (Å²) in [4.78, 5) is 6.33. The van der Waals surface area contributed by atoms with Crippen molar-refractivity contribution >= 4 is 11.3 Å². The molecule has 0 aliphatic carbocycles. The van der Waals surface area contributed by atoms with Gasteiger partial charge in [-0.3, -0.25) is 4.98 Å². The lowest BCUT2D eigenvalue weighted by Gasteiger charge is -2.20. The van der Waals surface area contributed by atoms with Gasteiger partial charge in [-0.1, -0.05) is 30.9 Å². The molecule has 0 saturated carbocycles. The summed E-state index contributed by atoms with van der Waals surface area (Å²) < 4.78 is 0. The average molecular weight is 198 g/mol. The number of aromatic nitrogens is 1. The van der Waals surface area contributed by atoms with Crippen LogP contribution in [0.15, 0.2) is 49.3 Å². The van der Waals surface area contributed by atoms with E-state index in [4.69, 9.17) is 0 Å². The molecular weight excluding hydrogens is 184 g/mol. The van der Waals surface area contributed by atoms with Gasteiger partial charge in [0.15, 0.2) is 0 Å². The number of allylic oxidation sites excluding steroid dienone is 4. The van der Waals surface area contributed by atoms with Crippen molar-refractivity contribution in [3.63, 3.8) is 0 Å². The molecule has 15 heavy (non-hydrogen) atoms. The summed E-state index contributed by atoms with van der Waals surface area (Å²) in [6, 6.07) is 2.02. The van der Waals surface area contributed by atoms with Crippen LogP contribution in [0.4, 0.5) is 5.69 Å². The van der Waals surface area contributed by atoms with Gasteiger partial charge >= 0.3 is 0 Å². The molecular formula is C13H14N2. The topological polar surface area (TPSA) is 16.1 Å². The van der Waals surface area contributed by atoms with Gasteiger partial charge in [0.2, 0.25) is 0 Å². The normalized spacial score (nSPS) is 19.8. The fraction of sp³-hybridized carbons (Fsp3) is 0.154. The molecule has 0 unspecified atom stereocenters. The first-order valence-corrected chi connectivity index (χ1v) is 4.96. The molecule has 0 fully saturated rings. The molecule has 1 aliphatic heterocycles. The van der Waals surface area contributed by atoms with Gasteiger partial charge in [-0.2, -0.15) is 0 Å². The molecule has 1 aromatic heterocycles. The number of fused-ring (bicyclic) bond motifs is 1. The van der Waals surface area contributed by atoms with Crippen molar-refractivity contribution in [3.05, 3.63) is 54.9 Å². The average Bonchev–Trinajstić information content (AvgIpc) is 2.33. The lowest BCUT2D eigenvalue weighted by atomic mass is 10.1. The molecule has 0 atom stereocenters. The molecule has 0 bridgehead atoms. The van der Waals surface area contributed by atoms with Crippen LogP contribution in [-0.2, 0) is 0 Å². The maximum atomic E-state index is 4.14. The van der Waals surface area contributed by atoms with E-state index in [9.17, 15) is 0 Å². The number of hydrogen-bond donors (Lipinski definition) is 0. The van der Waals surface area contributed by atoms with Gasteiger partial charge < -0.3 is 4.90 Å². The van der Waals surface area contributed by atoms with Gasteiger partial charge in [0.1, 0.15) is 0 Å². The Morgan fingerprint density at radius 2 is 2.27 bits per heavy atom. The Hall–Kier alpha value is -1.83. The number of hydrogen-bond acceptors (Lipinski definition) is 2. The summed E-state index contributed by atoms with van der Waals surface area (Å²) >= 11 is 0. The first-order valence-electron chi connectivity index (χ1n) is 4.96. The van der Waals surface area contributed by atoms with Crippen LogP contribution in [-0.4, -0.2) is 18.6 Å². The Balaban J connectivity index is 2.52. The second-order valence-electron chi connectivity index (χ2n) is 3.59. The molecule has 0 aromatic carbocycles. The van der Waals surface area contributed by atoms with Crippen molar-refractivity contribution in [2.24, 2.45) is 0 Å². The molecule has 0 saturated heterocycles. The van der Waals surface area contributed by atoms with E-state index in [0.717, 1.165) is 17.7 Å². The van der Waals surface area contributed by atoms with Crippen LogP contribution in [0.2, 0.25) is 0 Å². The van der Waals surface area contributed by atoms with E-state index in [0.29, 0.717) is 0 Å². The third-order valence-corrected chi connectivity index (χ3v) is 2.48. The number of likely N-dealkylation sites (N-methyl/N-ethyl adjacent to an activating group) is 1. The Kier molecular flexibility index (Phi) is 2.68. The standard InChI is InChI=1S/C13H14N2/c1-11-6-4-3-5-9-15(2)13-7-8-14-10-12(11)13/h3-8,10H,1,9H2,2H3/b5-3-,6-4-. The molecule has 2 nitrogen and oxygen atoms in total. The SMILES string of the molecule is C=C1/C=C\C=C/CN(C)c2ccncc21. The molecule has 2 rings (SSSR count). The minimum absolute atomic E-state index is 0.897. The molecule has 0 spiro atoms. The molecule has 0 amide bonds. The van der Waals surface area contributed by atoms with E-state index in [1.165, 1.54) is 5.69 Å². The molecule has 0 N–H and O–H groups in total. The Morgan fingerprint density at radius 3 is 3.13 bits per heavy atom. The molecule has 2 heteroatoms. The number of nitrogens with zero attached hydrogens (tertiary/aromatic N) is 2. The number of pyridine rings is 1. The molecule has 2 heterocycles. The summed E-state index contributed by atoms with van der Waals surface area (Å²) in [5.41, 5.74) is 3.27. The first kappa shape index (κ1) is 9.71. The van der Waals surface area contributed by atoms with Gasteiger partial charge in [-0.05, 0) is 11.6 Å². The van der Waals surface area contributed by atoms with Crippen molar-refractivity contribution in [3.8, 4) is 0 Å². The van der Waals surface area contributed by atoms with Gasteiger partial charge in [0, 0.05) is 37.2 Å². The zero-order valence-electron chi connectivity index (χ0n) is 8.85. The Bertz CT molecular complexity index is 430. The van der Waals surface area contributed by atoms with E-state index < -0.39 is 0 Å². The van der Waals surface area contributed by atoms with Crippen molar-refractivity contribution < 1.29 is 0 Å². The largest absolute Gasteiger partial charge is 0.370 e. The zero-order valence-corrected chi connectivity index (χ0v) is 8.85. The van der Waals surface area contributed by atoms with Gasteiger partial charge in [-0.25, -0.2) is 0 Å². The monoisotopic (exact) mass is 198 g/mol. The van der Waals surface area contributed by atoms with Crippen molar-refractivity contribution in [2.45, 2.75) is 0 Å². The Morgan fingerprint density at radius 1 is 1.40 bits per heavy atom. The second-order valence-corrected chi connectivity index (χ2v) is 3.59. The fourth-order valence-corrected chi connectivity index (χ4v) is 1.62. The summed E-state index contributed by atoms with van der Waals surface area (Å²) in [6.07, 6.45) is 11.9. The highest BCUT2D eigenvalue weighted by Gasteiger charge is 2.08. The lowest BCUT2D eigenvalue weighted by Crippen LogP contribution is -2.18. The predicted molar refractivity (Wildman–Crippen MR) is 64.8 cm³/mol. The summed E-state index contributed by atoms with van der Waals surface area (Å²) in [5.74, 6) is 0. The van der Waals surface area contributed by atoms with Crippen molar-refractivity contribution in [2.75, 3.05) is 18.5 Å². The van der Waals surface area contributed by atoms with E-state index in [-0.39, 0.29) is 0 Å². The maximum Gasteiger partial charge on any atom is 0.0476 e. The van der Waals surface area contributed by atoms with Crippen LogP contribution in [0.1, 0.15) is 5.56 Å². The third kappa shape index (κ3) is 1.99. The van der Waals surface area contributed by atoms with Crippen molar-refractivity contribution in [1.29, 1.82) is 0 Å². The van der Waals surface area contributed by atoms with Gasteiger partial charge in [-0.15, -0.1) is 0 Å². The summed E-state index contributed by atoms with van der Waals surface area (Å²) in [7, 11) is 2.07. The van der Waals surface area contributed by atoms with E-state index in [1.807, 2.05) is 36.7 Å². The lowest BCUT2D eigenvalue weighted by molar-refractivity contribution is 1.02. The van der Waals surface area contributed by atoms with Crippen molar-refractivity contribution in [1.82, 2.24) is 4.98 Å². The first-order chi connectivity index (χ1) is 7.29. The third-order valence-electron chi connectivity index (χ3n) is 2.48. The van der Waals surface area contributed by atoms with Crippen LogP contribution in [0.5, 0.6) is 0 Å². The van der Waals surface area contributed by atoms with E-state index in [2.05, 4.69) is 29.6 Å². The zero-order chi connectivity index (χ0) is 10.7. The number of rotatable bonds is 0. The fourth-order valence-electron chi connectivity index (χ4n) is 1.62. The Labute approximate surface area is 90.3 Å². The molecule has 1 aliphatic rings. The van der Waals surface area contributed by atoms with Crippen LogP contribution in [0.25, 0.3) is 5.57 Å². The molecule has 76 valence electrons. The maximum absolute atomic E-state index is 4.14. The van der Waals surface area contributed by atoms with E-state index in [1.54, 1.807) is 0 Å². The van der Waals surface area contributed by atoms with Gasteiger partial charge in [0.05, 0.1) is 0 Å². The minimum atomic E-state index is 0.897. The predicted octanol–water partition coefficient (Wildman–Crippen LogP) is 2.66. The van der Waals surface area contributed by atoms with Crippen LogP contribution in [0.3, 0.4) is 0 Å². The van der Waals surface area contributed by atoms with Crippen LogP contribution in [0, 0.1) is 0 Å². The van der Waals surface area contributed by atoms with Crippen LogP contribution >= 0.6 is 0 Å². The van der Waals surface area contributed by atoms with Gasteiger partial charge in [0.25, 0.3) is 0 Å². The summed E-state index contributed by atoms with van der Waals surface area (Å²) in [6.45, 7) is 4.94. The smallest absolute Gasteiger partial charge is 0.0476 e. The van der Waals surface area contributed by atoms with Crippen LogP contribution < -0.4 is 4.90 Å². The second kappa shape index (κ2) is 4.13. The quantitative estimate of drug-likeness (QED) is 0.637. The minimum Gasteiger partial charge on any atom is -0.370 e. The molecule has 0 radical (unpaired) electrons.